The number of anilines is 2. The van der Waals surface area contributed by atoms with Crippen LogP contribution in [0.25, 0.3) is 0 Å². The van der Waals surface area contributed by atoms with Gasteiger partial charge in [0.2, 0.25) is 0 Å². The number of hydrogen-bond donors (Lipinski definition) is 3. The summed E-state index contributed by atoms with van der Waals surface area (Å²) < 4.78 is 10.9. The van der Waals surface area contributed by atoms with Crippen LogP contribution in [0, 0.1) is 0 Å². The van der Waals surface area contributed by atoms with Crippen LogP contribution < -0.4 is 25.5 Å². The Labute approximate surface area is 242 Å². The molecular formula is C32H28N4O6. The minimum Gasteiger partial charge on any atom is -0.494 e. The van der Waals surface area contributed by atoms with Crippen LogP contribution in [-0.2, 0) is 9.59 Å². The molecule has 212 valence electrons. The Morgan fingerprint density at radius 2 is 1.40 bits per heavy atom. The van der Waals surface area contributed by atoms with Crippen LogP contribution in [0.3, 0.4) is 0 Å². The summed E-state index contributed by atoms with van der Waals surface area (Å²) in [6.45, 7) is 2.61. The highest BCUT2D eigenvalue weighted by Crippen LogP contribution is 2.18. The van der Waals surface area contributed by atoms with Crippen LogP contribution >= 0.6 is 0 Å². The highest BCUT2D eigenvalue weighted by molar-refractivity contribution is 6.40. The molecule has 10 heteroatoms. The van der Waals surface area contributed by atoms with E-state index in [2.05, 4.69) is 21.2 Å². The van der Waals surface area contributed by atoms with Gasteiger partial charge in [0.1, 0.15) is 11.5 Å². The van der Waals surface area contributed by atoms with E-state index in [-0.39, 0.29) is 11.3 Å². The summed E-state index contributed by atoms with van der Waals surface area (Å²) in [6, 6.07) is 28.2. The normalized spacial score (nSPS) is 10.5. The summed E-state index contributed by atoms with van der Waals surface area (Å²) >= 11 is 0. The van der Waals surface area contributed by atoms with E-state index in [1.807, 2.05) is 13.0 Å². The van der Waals surface area contributed by atoms with E-state index in [0.29, 0.717) is 34.9 Å². The number of para-hydroxylation sites is 2. The van der Waals surface area contributed by atoms with Crippen molar-refractivity contribution >= 4 is 41.3 Å². The van der Waals surface area contributed by atoms with Crippen molar-refractivity contribution in [2.75, 3.05) is 17.2 Å². The van der Waals surface area contributed by atoms with Gasteiger partial charge in [-0.25, -0.2) is 10.2 Å². The third-order valence-corrected chi connectivity index (χ3v) is 5.69. The third kappa shape index (κ3) is 8.36. The summed E-state index contributed by atoms with van der Waals surface area (Å²) in [5.74, 6) is -1.99. The number of benzene rings is 4. The van der Waals surface area contributed by atoms with Crippen molar-refractivity contribution in [2.24, 2.45) is 5.10 Å². The standard InChI is InChI=1S/C32H28N4O6/c1-2-20-41-25-18-14-23(15-19-25)32(40)42-26-16-12-22(13-17-26)21-33-36-31(39)30(38)35-28-11-7-6-10-27(28)29(37)34-24-8-4-3-5-9-24/h3-19,21H,2,20H2,1H3,(H,34,37)(H,35,38)(H,36,39)/b33-21-. The SMILES string of the molecule is CCCOc1ccc(C(=O)Oc2ccc(/C=N\NC(=O)C(=O)Nc3ccccc3C(=O)Nc3ccccc3)cc2)cc1. The molecule has 0 atom stereocenters. The van der Waals surface area contributed by atoms with Crippen LogP contribution in [0.1, 0.15) is 39.6 Å². The van der Waals surface area contributed by atoms with Crippen molar-refractivity contribution in [1.29, 1.82) is 0 Å². The fourth-order valence-corrected chi connectivity index (χ4v) is 3.60. The second kappa shape index (κ2) is 14.6. The molecule has 4 rings (SSSR count). The summed E-state index contributed by atoms with van der Waals surface area (Å²) in [4.78, 5) is 49.8. The van der Waals surface area contributed by atoms with E-state index in [1.165, 1.54) is 18.3 Å². The fraction of sp³-hybridized carbons (Fsp3) is 0.0938. The van der Waals surface area contributed by atoms with E-state index in [0.717, 1.165) is 6.42 Å². The predicted molar refractivity (Wildman–Crippen MR) is 159 cm³/mol. The number of rotatable bonds is 10. The minimum absolute atomic E-state index is 0.168. The highest BCUT2D eigenvalue weighted by Gasteiger charge is 2.18. The number of ether oxygens (including phenoxy) is 2. The van der Waals surface area contributed by atoms with E-state index in [9.17, 15) is 19.2 Å². The first-order valence-corrected chi connectivity index (χ1v) is 13.1. The van der Waals surface area contributed by atoms with Gasteiger partial charge in [0.05, 0.1) is 29.6 Å². The molecule has 4 aromatic rings. The second-order valence-corrected chi connectivity index (χ2v) is 8.85. The number of hydrogen-bond acceptors (Lipinski definition) is 7. The van der Waals surface area contributed by atoms with Gasteiger partial charge in [-0.2, -0.15) is 5.10 Å². The van der Waals surface area contributed by atoms with Gasteiger partial charge in [-0.15, -0.1) is 0 Å². The Bertz CT molecular complexity index is 1570. The maximum absolute atomic E-state index is 12.7. The van der Waals surface area contributed by atoms with Crippen molar-refractivity contribution in [1.82, 2.24) is 5.43 Å². The lowest BCUT2D eigenvalue weighted by atomic mass is 10.1. The number of hydrazone groups is 1. The van der Waals surface area contributed by atoms with Crippen LogP contribution in [-0.4, -0.2) is 36.5 Å². The first kappa shape index (κ1) is 29.2. The molecule has 0 saturated heterocycles. The molecule has 0 saturated carbocycles. The molecule has 0 bridgehead atoms. The van der Waals surface area contributed by atoms with Crippen molar-refractivity contribution < 1.29 is 28.7 Å². The van der Waals surface area contributed by atoms with Crippen molar-refractivity contribution in [3.05, 3.63) is 120 Å². The topological polar surface area (TPSA) is 135 Å². The Kier molecular flexibility index (Phi) is 10.1. The van der Waals surface area contributed by atoms with Crippen molar-refractivity contribution in [3.63, 3.8) is 0 Å². The predicted octanol–water partition coefficient (Wildman–Crippen LogP) is 5.04. The molecule has 42 heavy (non-hydrogen) atoms. The van der Waals surface area contributed by atoms with Gasteiger partial charge < -0.3 is 20.1 Å². The first-order chi connectivity index (χ1) is 20.4. The molecule has 4 aromatic carbocycles. The number of nitrogens with zero attached hydrogens (tertiary/aromatic N) is 1. The molecular weight excluding hydrogens is 536 g/mol. The van der Waals surface area contributed by atoms with Gasteiger partial charge >= 0.3 is 17.8 Å². The molecule has 0 aromatic heterocycles. The van der Waals surface area contributed by atoms with E-state index in [1.54, 1.807) is 84.9 Å². The summed E-state index contributed by atoms with van der Waals surface area (Å²) in [5, 5.41) is 8.97. The second-order valence-electron chi connectivity index (χ2n) is 8.85. The van der Waals surface area contributed by atoms with Gasteiger partial charge in [0.25, 0.3) is 5.91 Å². The zero-order valence-corrected chi connectivity index (χ0v) is 22.7. The maximum Gasteiger partial charge on any atom is 0.343 e. The molecule has 3 N–H and O–H groups in total. The highest BCUT2D eigenvalue weighted by atomic mass is 16.5. The van der Waals surface area contributed by atoms with E-state index >= 15 is 0 Å². The molecule has 0 aliphatic heterocycles. The number of carbonyl (C=O) groups is 4. The van der Waals surface area contributed by atoms with Crippen molar-refractivity contribution in [2.45, 2.75) is 13.3 Å². The Balaban J connectivity index is 1.27. The Morgan fingerprint density at radius 1 is 0.738 bits per heavy atom. The van der Waals surface area contributed by atoms with Gasteiger partial charge in [-0.3, -0.25) is 14.4 Å². The van der Waals surface area contributed by atoms with Crippen molar-refractivity contribution in [3.8, 4) is 11.5 Å². The average molecular weight is 565 g/mol. The van der Waals surface area contributed by atoms with E-state index in [4.69, 9.17) is 9.47 Å². The molecule has 10 nitrogen and oxygen atoms in total. The van der Waals surface area contributed by atoms with Gasteiger partial charge in [-0.05, 0) is 84.8 Å². The monoisotopic (exact) mass is 564 g/mol. The molecule has 0 unspecified atom stereocenters. The molecule has 0 fully saturated rings. The molecule has 3 amide bonds. The maximum atomic E-state index is 12.7. The number of carbonyl (C=O) groups excluding carboxylic acids is 4. The molecule has 0 radical (unpaired) electrons. The smallest absolute Gasteiger partial charge is 0.343 e. The lowest BCUT2D eigenvalue weighted by molar-refractivity contribution is -0.136. The zero-order chi connectivity index (χ0) is 29.7. The van der Waals surface area contributed by atoms with Gasteiger partial charge in [0.15, 0.2) is 0 Å². The third-order valence-electron chi connectivity index (χ3n) is 5.69. The Hall–Kier alpha value is -5.77. The molecule has 0 heterocycles. The lowest BCUT2D eigenvalue weighted by Crippen LogP contribution is -2.33. The quantitative estimate of drug-likeness (QED) is 0.0813. The number of amides is 3. The first-order valence-electron chi connectivity index (χ1n) is 13.1. The number of esters is 1. The Morgan fingerprint density at radius 3 is 2.12 bits per heavy atom. The van der Waals surface area contributed by atoms with Crippen LogP contribution in [0.15, 0.2) is 108 Å². The number of nitrogens with one attached hydrogen (secondary N) is 3. The summed E-state index contributed by atoms with van der Waals surface area (Å²) in [6.07, 6.45) is 2.21. The molecule has 0 aliphatic carbocycles. The molecule has 0 aliphatic rings. The largest absolute Gasteiger partial charge is 0.494 e. The average Bonchev–Trinajstić information content (AvgIpc) is 3.01. The van der Waals surface area contributed by atoms with Gasteiger partial charge in [0, 0.05) is 5.69 Å². The minimum atomic E-state index is -1.03. The zero-order valence-electron chi connectivity index (χ0n) is 22.7. The van der Waals surface area contributed by atoms with Crippen LogP contribution in [0.5, 0.6) is 11.5 Å². The summed E-state index contributed by atoms with van der Waals surface area (Å²) in [5.41, 5.74) is 4.05. The lowest BCUT2D eigenvalue weighted by Gasteiger charge is -2.11. The van der Waals surface area contributed by atoms with Gasteiger partial charge in [-0.1, -0.05) is 37.3 Å². The molecule has 0 spiro atoms. The van der Waals surface area contributed by atoms with E-state index < -0.39 is 23.7 Å². The summed E-state index contributed by atoms with van der Waals surface area (Å²) in [7, 11) is 0. The van der Waals surface area contributed by atoms with Crippen LogP contribution in [0.4, 0.5) is 11.4 Å². The fourth-order valence-electron chi connectivity index (χ4n) is 3.60. The van der Waals surface area contributed by atoms with Crippen LogP contribution in [0.2, 0.25) is 0 Å².